The number of aromatic nitrogens is 2. The molecule has 4 aromatic rings. The van der Waals surface area contributed by atoms with E-state index >= 15 is 0 Å². The minimum atomic E-state index is 0.723. The number of hydrogen-bond donors (Lipinski definition) is 0. The molecule has 154 valence electrons. The lowest BCUT2D eigenvalue weighted by atomic mass is 10.3. The molecule has 0 aliphatic carbocycles. The highest BCUT2D eigenvalue weighted by molar-refractivity contribution is 5.72. The SMILES string of the molecule is CC.CC.CCC.CCc1nc2ccccc2o1.Cc1nc2ccccc2o1. The number of benzene rings is 2. The van der Waals surface area contributed by atoms with Crippen LogP contribution in [-0.2, 0) is 6.42 Å². The van der Waals surface area contributed by atoms with Gasteiger partial charge in [-0.15, -0.1) is 0 Å². The summed E-state index contributed by atoms with van der Waals surface area (Å²) in [5.41, 5.74) is 3.62. The van der Waals surface area contributed by atoms with Gasteiger partial charge in [0.2, 0.25) is 0 Å². The Kier molecular flexibility index (Phi) is 14.0. The van der Waals surface area contributed by atoms with Crippen LogP contribution in [0.1, 0.15) is 66.7 Å². The van der Waals surface area contributed by atoms with Crippen molar-refractivity contribution < 1.29 is 8.83 Å². The van der Waals surface area contributed by atoms with Gasteiger partial charge in [-0.05, 0) is 24.3 Å². The van der Waals surface area contributed by atoms with Crippen molar-refractivity contribution in [1.82, 2.24) is 9.97 Å². The Labute approximate surface area is 170 Å². The molecule has 0 amide bonds. The van der Waals surface area contributed by atoms with Gasteiger partial charge in [0.25, 0.3) is 0 Å². The van der Waals surface area contributed by atoms with Crippen molar-refractivity contribution in [3.05, 3.63) is 60.3 Å². The molecule has 0 N–H and O–H groups in total. The number of para-hydroxylation sites is 4. The highest BCUT2D eigenvalue weighted by atomic mass is 16.4. The van der Waals surface area contributed by atoms with Crippen molar-refractivity contribution in [2.75, 3.05) is 0 Å². The van der Waals surface area contributed by atoms with Crippen molar-refractivity contribution in [1.29, 1.82) is 0 Å². The quantitative estimate of drug-likeness (QED) is 0.333. The highest BCUT2D eigenvalue weighted by Gasteiger charge is 2.00. The van der Waals surface area contributed by atoms with Crippen LogP contribution in [-0.4, -0.2) is 9.97 Å². The molecule has 2 aromatic heterocycles. The third-order valence-corrected chi connectivity index (χ3v) is 3.04. The van der Waals surface area contributed by atoms with Crippen LogP contribution in [0, 0.1) is 6.92 Å². The van der Waals surface area contributed by atoms with Crippen molar-refractivity contribution >= 4 is 22.2 Å². The van der Waals surface area contributed by atoms with E-state index in [1.807, 2.05) is 90.1 Å². The Morgan fingerprint density at radius 2 is 1.11 bits per heavy atom. The maximum absolute atomic E-state index is 5.41. The largest absolute Gasteiger partial charge is 0.441 e. The van der Waals surface area contributed by atoms with Crippen LogP contribution < -0.4 is 0 Å². The van der Waals surface area contributed by atoms with Gasteiger partial charge in [0.05, 0.1) is 0 Å². The molecule has 0 radical (unpaired) electrons. The Bertz CT molecular complexity index is 812. The zero-order valence-electron chi connectivity index (χ0n) is 18.7. The normalized spacial score (nSPS) is 9.00. The second kappa shape index (κ2) is 15.4. The number of hydrogen-bond acceptors (Lipinski definition) is 4. The lowest BCUT2D eigenvalue weighted by Gasteiger charge is -1.80. The predicted molar refractivity (Wildman–Crippen MR) is 121 cm³/mol. The molecule has 0 saturated carbocycles. The Morgan fingerprint density at radius 1 is 0.679 bits per heavy atom. The lowest BCUT2D eigenvalue weighted by molar-refractivity contribution is 0.538. The van der Waals surface area contributed by atoms with Gasteiger partial charge < -0.3 is 8.83 Å². The number of nitrogens with zero attached hydrogens (tertiary/aromatic N) is 2. The molecular formula is C24H36N2O2. The van der Waals surface area contributed by atoms with E-state index in [4.69, 9.17) is 8.83 Å². The fourth-order valence-corrected chi connectivity index (χ4v) is 2.06. The summed E-state index contributed by atoms with van der Waals surface area (Å²) < 4.78 is 10.7. The van der Waals surface area contributed by atoms with E-state index in [9.17, 15) is 0 Å². The molecule has 0 fully saturated rings. The molecule has 2 aromatic carbocycles. The molecule has 0 atom stereocenters. The maximum atomic E-state index is 5.41. The summed E-state index contributed by atoms with van der Waals surface area (Å²) in [6, 6.07) is 15.5. The molecule has 0 spiro atoms. The molecule has 4 rings (SSSR count). The van der Waals surface area contributed by atoms with Crippen LogP contribution in [0.5, 0.6) is 0 Å². The zero-order valence-corrected chi connectivity index (χ0v) is 18.7. The Balaban J connectivity index is 0.000000398. The first-order valence-corrected chi connectivity index (χ1v) is 10.3. The Morgan fingerprint density at radius 3 is 1.54 bits per heavy atom. The van der Waals surface area contributed by atoms with Gasteiger partial charge in [-0.1, -0.05) is 79.2 Å². The van der Waals surface area contributed by atoms with Gasteiger partial charge in [-0.2, -0.15) is 0 Å². The van der Waals surface area contributed by atoms with Gasteiger partial charge >= 0.3 is 0 Å². The van der Waals surface area contributed by atoms with Crippen LogP contribution in [0.15, 0.2) is 57.4 Å². The first-order valence-electron chi connectivity index (χ1n) is 10.3. The minimum absolute atomic E-state index is 0.723. The second-order valence-corrected chi connectivity index (χ2v) is 5.34. The van der Waals surface area contributed by atoms with E-state index in [0.29, 0.717) is 0 Å². The third-order valence-electron chi connectivity index (χ3n) is 3.04. The topological polar surface area (TPSA) is 52.1 Å². The summed E-state index contributed by atoms with van der Waals surface area (Å²) in [4.78, 5) is 8.41. The Hall–Kier alpha value is -2.62. The first-order chi connectivity index (χ1) is 13.7. The third kappa shape index (κ3) is 8.38. The molecule has 0 aliphatic heterocycles. The van der Waals surface area contributed by atoms with Gasteiger partial charge in [0.1, 0.15) is 11.0 Å². The molecule has 0 unspecified atom stereocenters. The fourth-order valence-electron chi connectivity index (χ4n) is 2.06. The number of fused-ring (bicyclic) bond motifs is 2. The molecule has 4 heteroatoms. The van der Waals surface area contributed by atoms with E-state index < -0.39 is 0 Å². The van der Waals surface area contributed by atoms with Crippen LogP contribution in [0.3, 0.4) is 0 Å². The van der Waals surface area contributed by atoms with Crippen molar-refractivity contribution in [2.24, 2.45) is 0 Å². The highest BCUT2D eigenvalue weighted by Crippen LogP contribution is 2.14. The number of aryl methyl sites for hydroxylation is 2. The number of oxazole rings is 2. The monoisotopic (exact) mass is 384 g/mol. The van der Waals surface area contributed by atoms with E-state index in [-0.39, 0.29) is 0 Å². The summed E-state index contributed by atoms with van der Waals surface area (Å²) in [6.45, 7) is 16.1. The average molecular weight is 385 g/mol. The molecule has 4 nitrogen and oxygen atoms in total. The van der Waals surface area contributed by atoms with Crippen molar-refractivity contribution in [2.45, 2.75) is 68.2 Å². The minimum Gasteiger partial charge on any atom is -0.441 e. The van der Waals surface area contributed by atoms with Crippen LogP contribution in [0.2, 0.25) is 0 Å². The predicted octanol–water partition coefficient (Wildman–Crippen LogP) is 8.00. The first kappa shape index (κ1) is 25.4. The fraction of sp³-hybridized carbons (Fsp3) is 0.417. The van der Waals surface area contributed by atoms with E-state index in [0.717, 1.165) is 40.4 Å². The van der Waals surface area contributed by atoms with E-state index in [2.05, 4.69) is 23.8 Å². The van der Waals surface area contributed by atoms with Crippen LogP contribution in [0.4, 0.5) is 0 Å². The molecule has 0 aliphatic rings. The lowest BCUT2D eigenvalue weighted by Crippen LogP contribution is -1.74. The van der Waals surface area contributed by atoms with Gasteiger partial charge in [-0.25, -0.2) is 9.97 Å². The summed E-state index contributed by atoms with van der Waals surface area (Å²) >= 11 is 0. The van der Waals surface area contributed by atoms with E-state index in [1.54, 1.807) is 0 Å². The molecule has 0 saturated heterocycles. The smallest absolute Gasteiger partial charge is 0.195 e. The standard InChI is InChI=1S/C9H9NO.C8H7NO.C3H8.2C2H6/c1-2-9-10-7-5-3-4-6-8(7)11-9;1-6-9-7-4-2-3-5-8(7)10-6;1-3-2;2*1-2/h3-6H,2H2,1H3;2-5H,1H3;3H2,1-2H3;2*1-2H3. The van der Waals surface area contributed by atoms with Crippen LogP contribution in [0.25, 0.3) is 22.2 Å². The van der Waals surface area contributed by atoms with Gasteiger partial charge in [0, 0.05) is 13.3 Å². The van der Waals surface area contributed by atoms with Crippen LogP contribution >= 0.6 is 0 Å². The van der Waals surface area contributed by atoms with E-state index in [1.165, 1.54) is 6.42 Å². The van der Waals surface area contributed by atoms with Crippen molar-refractivity contribution in [3.8, 4) is 0 Å². The maximum Gasteiger partial charge on any atom is 0.195 e. The number of rotatable bonds is 1. The molecular weight excluding hydrogens is 348 g/mol. The summed E-state index contributed by atoms with van der Waals surface area (Å²) in [6.07, 6.45) is 2.11. The average Bonchev–Trinajstić information content (AvgIpc) is 3.34. The molecule has 2 heterocycles. The molecule has 28 heavy (non-hydrogen) atoms. The summed E-state index contributed by atoms with van der Waals surface area (Å²) in [5, 5.41) is 0. The van der Waals surface area contributed by atoms with Gasteiger partial charge in [-0.3, -0.25) is 0 Å². The zero-order chi connectivity index (χ0) is 21.4. The van der Waals surface area contributed by atoms with Gasteiger partial charge in [0.15, 0.2) is 22.9 Å². The van der Waals surface area contributed by atoms with Crippen molar-refractivity contribution in [3.63, 3.8) is 0 Å². The summed E-state index contributed by atoms with van der Waals surface area (Å²) in [5.74, 6) is 1.53. The second-order valence-electron chi connectivity index (χ2n) is 5.34. The molecule has 0 bridgehead atoms. The summed E-state index contributed by atoms with van der Waals surface area (Å²) in [7, 11) is 0.